The molecule has 0 bridgehead atoms. The van der Waals surface area contributed by atoms with E-state index in [4.69, 9.17) is 10.00 Å². The molecule has 0 aliphatic heterocycles. The molecule has 1 aliphatic rings. The number of aldehydes is 1. The van der Waals surface area contributed by atoms with E-state index < -0.39 is 10.5 Å². The molecule has 0 saturated heterocycles. The first-order chi connectivity index (χ1) is 13.4. The van der Waals surface area contributed by atoms with Crippen LogP contribution in [0.15, 0.2) is 18.2 Å². The molecule has 0 spiro atoms. The zero-order chi connectivity index (χ0) is 22.2. The molecule has 1 amide bonds. The number of ether oxygens (including phenoxy) is 1. The molecule has 1 saturated carbocycles. The maximum absolute atomic E-state index is 11.6. The summed E-state index contributed by atoms with van der Waals surface area (Å²) in [6.07, 6.45) is 4.05. The topological polar surface area (TPSA) is 114 Å². The second-order valence-corrected chi connectivity index (χ2v) is 8.55. The van der Waals surface area contributed by atoms with Crippen molar-refractivity contribution in [2.45, 2.75) is 59.0 Å². The fourth-order valence-corrected chi connectivity index (χ4v) is 2.40. The first kappa shape index (κ1) is 24.1. The van der Waals surface area contributed by atoms with Crippen molar-refractivity contribution in [1.29, 1.82) is 5.26 Å². The number of nitro benzene ring substituents is 1. The Labute approximate surface area is 171 Å². The average molecular weight is 403 g/mol. The van der Waals surface area contributed by atoms with Gasteiger partial charge in [-0.25, -0.2) is 4.79 Å². The third-order valence-corrected chi connectivity index (χ3v) is 4.57. The molecule has 0 atom stereocenters. The summed E-state index contributed by atoms with van der Waals surface area (Å²) >= 11 is 0. The van der Waals surface area contributed by atoms with E-state index >= 15 is 0 Å². The van der Waals surface area contributed by atoms with Crippen molar-refractivity contribution in [3.8, 4) is 6.07 Å². The second kappa shape index (κ2) is 10.0. The van der Waals surface area contributed by atoms with Crippen LogP contribution in [-0.2, 0) is 16.0 Å². The van der Waals surface area contributed by atoms with E-state index in [0.717, 1.165) is 13.0 Å². The summed E-state index contributed by atoms with van der Waals surface area (Å²) < 4.78 is 5.27. The van der Waals surface area contributed by atoms with Crippen LogP contribution in [0.1, 0.15) is 58.1 Å². The van der Waals surface area contributed by atoms with Gasteiger partial charge in [0.2, 0.25) is 0 Å². The summed E-state index contributed by atoms with van der Waals surface area (Å²) in [5, 5.41) is 19.1. The van der Waals surface area contributed by atoms with E-state index in [2.05, 4.69) is 6.92 Å². The molecular formula is C21H29N3O5. The third-order valence-electron chi connectivity index (χ3n) is 4.57. The zero-order valence-electron chi connectivity index (χ0n) is 17.7. The molecule has 158 valence electrons. The maximum atomic E-state index is 11.6. The highest BCUT2D eigenvalue weighted by Gasteiger charge is 2.37. The summed E-state index contributed by atoms with van der Waals surface area (Å²) in [6, 6.07) is 5.84. The molecule has 1 fully saturated rings. The Morgan fingerprint density at radius 3 is 2.48 bits per heavy atom. The Hall–Kier alpha value is -2.95. The van der Waals surface area contributed by atoms with E-state index in [0.29, 0.717) is 17.3 Å². The number of benzene rings is 1. The van der Waals surface area contributed by atoms with Crippen LogP contribution < -0.4 is 0 Å². The van der Waals surface area contributed by atoms with Crippen LogP contribution in [0, 0.1) is 26.9 Å². The lowest BCUT2D eigenvalue weighted by Gasteiger charge is -2.25. The molecule has 1 aliphatic carbocycles. The first-order valence-electron chi connectivity index (χ1n) is 9.46. The van der Waals surface area contributed by atoms with Crippen molar-refractivity contribution in [3.05, 3.63) is 39.4 Å². The fraction of sp³-hybridized carbons (Fsp3) is 0.571. The number of carbonyl (C=O) groups excluding carboxylic acids is 2. The van der Waals surface area contributed by atoms with Crippen molar-refractivity contribution in [2.24, 2.45) is 5.41 Å². The van der Waals surface area contributed by atoms with Crippen LogP contribution in [-0.4, -0.2) is 41.4 Å². The number of amides is 1. The number of hydrogen-bond acceptors (Lipinski definition) is 6. The Kier molecular flexibility index (Phi) is 8.31. The minimum atomic E-state index is -0.598. The van der Waals surface area contributed by atoms with Gasteiger partial charge >= 0.3 is 6.09 Å². The Morgan fingerprint density at radius 2 is 2.03 bits per heavy atom. The quantitative estimate of drug-likeness (QED) is 0.398. The van der Waals surface area contributed by atoms with Crippen molar-refractivity contribution in [2.75, 3.05) is 13.6 Å². The number of hydrogen-bond donors (Lipinski definition) is 0. The molecule has 0 heterocycles. The molecule has 0 unspecified atom stereocenters. The lowest BCUT2D eigenvalue weighted by atomic mass is 10.1. The third kappa shape index (κ3) is 8.73. The van der Waals surface area contributed by atoms with Crippen LogP contribution in [0.4, 0.5) is 10.5 Å². The van der Waals surface area contributed by atoms with Gasteiger partial charge in [0.25, 0.3) is 5.69 Å². The molecule has 0 N–H and O–H groups in total. The summed E-state index contributed by atoms with van der Waals surface area (Å²) in [4.78, 5) is 33.4. The van der Waals surface area contributed by atoms with E-state index in [1.54, 1.807) is 18.0 Å². The highest BCUT2D eigenvalue weighted by molar-refractivity contribution is 5.67. The highest BCUT2D eigenvalue weighted by Crippen LogP contribution is 2.48. The van der Waals surface area contributed by atoms with Crippen molar-refractivity contribution in [1.82, 2.24) is 4.90 Å². The van der Waals surface area contributed by atoms with Crippen molar-refractivity contribution < 1.29 is 19.2 Å². The fourth-order valence-electron chi connectivity index (χ4n) is 2.40. The largest absolute Gasteiger partial charge is 0.444 e. The van der Waals surface area contributed by atoms with Gasteiger partial charge in [0.15, 0.2) is 0 Å². The van der Waals surface area contributed by atoms with Crippen LogP contribution in [0.3, 0.4) is 0 Å². The standard InChI is InChI=1S/C12H23NO2.C9H6N2O3/c1-11(2,3)15-10(14)13(5)9-8-12(4)6-7-12;10-6-7-1-2-8(3-4-12)9(5-7)11(13)14/h6-9H2,1-5H3;1-2,4-5H,3H2. The van der Waals surface area contributed by atoms with Gasteiger partial charge < -0.3 is 14.4 Å². The Balaban J connectivity index is 0.000000291. The van der Waals surface area contributed by atoms with Gasteiger partial charge in [0, 0.05) is 31.6 Å². The zero-order valence-corrected chi connectivity index (χ0v) is 17.7. The maximum Gasteiger partial charge on any atom is 0.410 e. The van der Waals surface area contributed by atoms with Crippen molar-refractivity contribution >= 4 is 18.1 Å². The van der Waals surface area contributed by atoms with E-state index in [1.807, 2.05) is 20.8 Å². The summed E-state index contributed by atoms with van der Waals surface area (Å²) in [6.45, 7) is 8.74. The molecule has 2 rings (SSSR count). The number of carbonyl (C=O) groups is 2. The molecular weight excluding hydrogens is 374 g/mol. The predicted octanol–water partition coefficient (Wildman–Crippen LogP) is 4.25. The van der Waals surface area contributed by atoms with Crippen LogP contribution in [0.25, 0.3) is 0 Å². The van der Waals surface area contributed by atoms with Gasteiger partial charge in [0.05, 0.1) is 16.6 Å². The van der Waals surface area contributed by atoms with Gasteiger partial charge in [0.1, 0.15) is 11.9 Å². The van der Waals surface area contributed by atoms with E-state index in [1.165, 1.54) is 31.0 Å². The number of rotatable bonds is 6. The van der Waals surface area contributed by atoms with Gasteiger partial charge in [-0.15, -0.1) is 0 Å². The number of nitro groups is 1. The van der Waals surface area contributed by atoms with Gasteiger partial charge in [-0.05, 0) is 51.5 Å². The lowest BCUT2D eigenvalue weighted by Crippen LogP contribution is -2.35. The molecule has 8 nitrogen and oxygen atoms in total. The van der Waals surface area contributed by atoms with Gasteiger partial charge in [-0.2, -0.15) is 5.26 Å². The summed E-state index contributed by atoms with van der Waals surface area (Å²) in [5.41, 5.74) is 0.456. The normalized spacial score (nSPS) is 13.9. The number of nitrogens with zero attached hydrogens (tertiary/aromatic N) is 3. The highest BCUT2D eigenvalue weighted by atomic mass is 16.6. The monoisotopic (exact) mass is 403 g/mol. The summed E-state index contributed by atoms with van der Waals surface area (Å²) in [7, 11) is 1.81. The Bertz CT molecular complexity index is 788. The summed E-state index contributed by atoms with van der Waals surface area (Å²) in [5.74, 6) is 0. The van der Waals surface area contributed by atoms with Crippen molar-refractivity contribution in [3.63, 3.8) is 0 Å². The van der Waals surface area contributed by atoms with Crippen LogP contribution in [0.2, 0.25) is 0 Å². The van der Waals surface area contributed by atoms with Crippen LogP contribution in [0.5, 0.6) is 0 Å². The molecule has 1 aromatic rings. The minimum Gasteiger partial charge on any atom is -0.444 e. The Morgan fingerprint density at radius 1 is 1.41 bits per heavy atom. The molecule has 8 heteroatoms. The second-order valence-electron chi connectivity index (χ2n) is 8.55. The smallest absolute Gasteiger partial charge is 0.410 e. The molecule has 0 radical (unpaired) electrons. The average Bonchev–Trinajstić information content (AvgIpc) is 3.37. The SMILES string of the molecule is CN(CCC1(C)CC1)C(=O)OC(C)(C)C.N#Cc1ccc(CC=O)c([N+](=O)[O-])c1. The lowest BCUT2D eigenvalue weighted by molar-refractivity contribution is -0.385. The first-order valence-corrected chi connectivity index (χ1v) is 9.46. The predicted molar refractivity (Wildman–Crippen MR) is 108 cm³/mol. The minimum absolute atomic E-state index is 0.0119. The number of nitriles is 1. The van der Waals surface area contributed by atoms with Gasteiger partial charge in [-0.1, -0.05) is 13.0 Å². The molecule has 29 heavy (non-hydrogen) atoms. The van der Waals surface area contributed by atoms with E-state index in [9.17, 15) is 19.7 Å². The molecule has 1 aromatic carbocycles. The van der Waals surface area contributed by atoms with E-state index in [-0.39, 0.29) is 23.8 Å². The molecule has 0 aromatic heterocycles. The van der Waals surface area contributed by atoms with Gasteiger partial charge in [-0.3, -0.25) is 10.1 Å². The van der Waals surface area contributed by atoms with Crippen LogP contribution >= 0.6 is 0 Å².